The van der Waals surface area contributed by atoms with Gasteiger partial charge in [0.15, 0.2) is 11.5 Å². The smallest absolute Gasteiger partial charge is 0.306 e. The van der Waals surface area contributed by atoms with Crippen molar-refractivity contribution < 1.29 is 19.0 Å². The number of nitrogens with zero attached hydrogens (tertiary/aromatic N) is 1. The van der Waals surface area contributed by atoms with Gasteiger partial charge in [0.2, 0.25) is 0 Å². The first-order valence-electron chi connectivity index (χ1n) is 8.31. The van der Waals surface area contributed by atoms with Gasteiger partial charge in [-0.25, -0.2) is 0 Å². The van der Waals surface area contributed by atoms with Gasteiger partial charge < -0.3 is 24.8 Å². The monoisotopic (exact) mass is 336 g/mol. The molecule has 2 atom stereocenters. The van der Waals surface area contributed by atoms with Crippen molar-refractivity contribution >= 4 is 5.97 Å². The average molecular weight is 336 g/mol. The first kappa shape index (κ1) is 18.5. The number of nitrogens with two attached hydrogens (primary N) is 1. The van der Waals surface area contributed by atoms with Crippen LogP contribution >= 0.6 is 0 Å². The van der Waals surface area contributed by atoms with Gasteiger partial charge >= 0.3 is 5.97 Å². The molecule has 1 fully saturated rings. The molecule has 1 aromatic carbocycles. The molecular weight excluding hydrogens is 308 g/mol. The Morgan fingerprint density at radius 2 is 1.96 bits per heavy atom. The molecule has 0 aliphatic carbocycles. The maximum absolute atomic E-state index is 11.3. The van der Waals surface area contributed by atoms with E-state index in [2.05, 4.69) is 11.0 Å². The molecule has 1 heterocycles. The van der Waals surface area contributed by atoms with Crippen LogP contribution < -0.4 is 15.2 Å². The summed E-state index contributed by atoms with van der Waals surface area (Å²) < 4.78 is 15.4. The lowest BCUT2D eigenvalue weighted by atomic mass is 9.89. The van der Waals surface area contributed by atoms with Gasteiger partial charge in [0.05, 0.1) is 27.8 Å². The van der Waals surface area contributed by atoms with Crippen LogP contribution in [-0.4, -0.2) is 57.9 Å². The molecule has 2 N–H and O–H groups in total. The number of likely N-dealkylation sites (tertiary alicyclic amines) is 1. The van der Waals surface area contributed by atoms with Crippen LogP contribution in [0.2, 0.25) is 0 Å². The number of ether oxygens (including phenoxy) is 3. The van der Waals surface area contributed by atoms with Crippen molar-refractivity contribution in [1.82, 2.24) is 4.90 Å². The molecule has 0 radical (unpaired) electrons. The number of hydrogen-bond donors (Lipinski definition) is 1. The third-order valence-corrected chi connectivity index (χ3v) is 4.48. The van der Waals surface area contributed by atoms with Gasteiger partial charge in [0.25, 0.3) is 0 Å². The van der Waals surface area contributed by atoms with Crippen LogP contribution in [0.1, 0.15) is 18.4 Å². The third kappa shape index (κ3) is 5.11. The number of hydrogen-bond acceptors (Lipinski definition) is 6. The normalized spacial score (nSPS) is 21.3. The van der Waals surface area contributed by atoms with Crippen molar-refractivity contribution in [2.75, 3.05) is 41.0 Å². The highest BCUT2D eigenvalue weighted by molar-refractivity contribution is 5.69. The maximum atomic E-state index is 11.3. The zero-order chi connectivity index (χ0) is 17.5. The van der Waals surface area contributed by atoms with E-state index < -0.39 is 0 Å². The summed E-state index contributed by atoms with van der Waals surface area (Å²) in [5.41, 5.74) is 7.42. The molecule has 1 saturated heterocycles. The minimum absolute atomic E-state index is 0.140. The third-order valence-electron chi connectivity index (χ3n) is 4.48. The standard InChI is InChI=1S/C18H28N2O4/c1-22-16-5-4-13(10-17(16)23-2)8-14-9-15(19)12-20(11-14)7-6-18(21)24-3/h4-5,10,14-15H,6-9,11-12,19H2,1-3H3. The molecule has 0 amide bonds. The molecule has 6 nitrogen and oxygen atoms in total. The first-order valence-corrected chi connectivity index (χ1v) is 8.31. The second-order valence-corrected chi connectivity index (χ2v) is 6.34. The molecule has 24 heavy (non-hydrogen) atoms. The summed E-state index contributed by atoms with van der Waals surface area (Å²) in [6, 6.07) is 6.17. The zero-order valence-electron chi connectivity index (χ0n) is 14.8. The Labute approximate surface area is 143 Å². The zero-order valence-corrected chi connectivity index (χ0v) is 14.8. The van der Waals surface area contributed by atoms with Gasteiger partial charge in [0.1, 0.15) is 0 Å². The minimum atomic E-state index is -0.175. The molecule has 2 unspecified atom stereocenters. The molecule has 6 heteroatoms. The van der Waals surface area contributed by atoms with Crippen LogP contribution in [0.3, 0.4) is 0 Å². The summed E-state index contributed by atoms with van der Waals surface area (Å²) in [6.07, 6.45) is 2.33. The number of carbonyl (C=O) groups excluding carboxylic acids is 1. The Kier molecular flexibility index (Phi) is 6.87. The summed E-state index contributed by atoms with van der Waals surface area (Å²) in [5.74, 6) is 1.77. The van der Waals surface area contributed by atoms with Crippen LogP contribution in [0.15, 0.2) is 18.2 Å². The number of piperidine rings is 1. The molecule has 0 aromatic heterocycles. The van der Waals surface area contributed by atoms with E-state index in [4.69, 9.17) is 19.9 Å². The fourth-order valence-electron chi connectivity index (χ4n) is 3.37. The van der Waals surface area contributed by atoms with Gasteiger partial charge in [-0.05, 0) is 36.5 Å². The molecular formula is C18H28N2O4. The Bertz CT molecular complexity index is 550. The second kappa shape index (κ2) is 8.89. The summed E-state index contributed by atoms with van der Waals surface area (Å²) in [7, 11) is 4.70. The van der Waals surface area contributed by atoms with E-state index in [1.165, 1.54) is 12.7 Å². The number of esters is 1. The van der Waals surface area contributed by atoms with Crippen LogP contribution in [0, 0.1) is 5.92 Å². The first-order chi connectivity index (χ1) is 11.5. The Morgan fingerprint density at radius 1 is 1.21 bits per heavy atom. The van der Waals surface area contributed by atoms with Crippen LogP contribution in [-0.2, 0) is 16.0 Å². The Morgan fingerprint density at radius 3 is 2.62 bits per heavy atom. The van der Waals surface area contributed by atoms with Gasteiger partial charge in [-0.2, -0.15) is 0 Å². The minimum Gasteiger partial charge on any atom is -0.493 e. The van der Waals surface area contributed by atoms with Crippen molar-refractivity contribution in [3.63, 3.8) is 0 Å². The van der Waals surface area contributed by atoms with Gasteiger partial charge in [-0.1, -0.05) is 6.07 Å². The summed E-state index contributed by atoms with van der Waals surface area (Å²) >= 11 is 0. The van der Waals surface area contributed by atoms with Crippen LogP contribution in [0.5, 0.6) is 11.5 Å². The molecule has 1 aliphatic heterocycles. The van der Waals surface area contributed by atoms with Crippen molar-refractivity contribution in [2.45, 2.75) is 25.3 Å². The fourth-order valence-corrected chi connectivity index (χ4v) is 3.37. The highest BCUT2D eigenvalue weighted by Gasteiger charge is 2.25. The predicted molar refractivity (Wildman–Crippen MR) is 92.4 cm³/mol. The Balaban J connectivity index is 1.97. The van der Waals surface area contributed by atoms with Crippen LogP contribution in [0.25, 0.3) is 0 Å². The van der Waals surface area contributed by atoms with Crippen LogP contribution in [0.4, 0.5) is 0 Å². The number of carbonyl (C=O) groups is 1. The molecule has 1 aliphatic rings. The largest absolute Gasteiger partial charge is 0.493 e. The molecule has 134 valence electrons. The maximum Gasteiger partial charge on any atom is 0.306 e. The molecule has 1 aromatic rings. The number of benzene rings is 1. The lowest BCUT2D eigenvalue weighted by Gasteiger charge is -2.36. The fraction of sp³-hybridized carbons (Fsp3) is 0.611. The van der Waals surface area contributed by atoms with E-state index in [1.807, 2.05) is 12.1 Å². The van der Waals surface area contributed by atoms with E-state index in [0.717, 1.165) is 37.4 Å². The van der Waals surface area contributed by atoms with Gasteiger partial charge in [0, 0.05) is 25.7 Å². The number of methoxy groups -OCH3 is 3. The average Bonchev–Trinajstić information content (AvgIpc) is 2.59. The van der Waals surface area contributed by atoms with Gasteiger partial charge in [-0.15, -0.1) is 0 Å². The lowest BCUT2D eigenvalue weighted by molar-refractivity contribution is -0.141. The quantitative estimate of drug-likeness (QED) is 0.760. The number of rotatable bonds is 7. The highest BCUT2D eigenvalue weighted by atomic mass is 16.5. The van der Waals surface area contributed by atoms with Crippen molar-refractivity contribution in [1.29, 1.82) is 0 Å². The molecule has 0 saturated carbocycles. The summed E-state index contributed by atoms with van der Waals surface area (Å²) in [4.78, 5) is 13.6. The van der Waals surface area contributed by atoms with E-state index in [-0.39, 0.29) is 12.0 Å². The molecule has 0 spiro atoms. The van der Waals surface area contributed by atoms with Crippen molar-refractivity contribution in [2.24, 2.45) is 11.7 Å². The van der Waals surface area contributed by atoms with Crippen molar-refractivity contribution in [3.8, 4) is 11.5 Å². The van der Waals surface area contributed by atoms with E-state index in [1.54, 1.807) is 14.2 Å². The van der Waals surface area contributed by atoms with Crippen molar-refractivity contribution in [3.05, 3.63) is 23.8 Å². The topological polar surface area (TPSA) is 74.0 Å². The predicted octanol–water partition coefficient (Wildman–Crippen LogP) is 1.46. The summed E-state index contributed by atoms with van der Waals surface area (Å²) in [5, 5.41) is 0. The SMILES string of the molecule is COC(=O)CCN1CC(N)CC(Cc2ccc(OC)c(OC)c2)C1. The lowest BCUT2D eigenvalue weighted by Crippen LogP contribution is -2.48. The second-order valence-electron chi connectivity index (χ2n) is 6.34. The van der Waals surface area contributed by atoms with Gasteiger partial charge in [-0.3, -0.25) is 4.79 Å². The molecule has 0 bridgehead atoms. The van der Waals surface area contributed by atoms with E-state index in [0.29, 0.717) is 18.9 Å². The highest BCUT2D eigenvalue weighted by Crippen LogP contribution is 2.29. The van der Waals surface area contributed by atoms with E-state index in [9.17, 15) is 4.79 Å². The van der Waals surface area contributed by atoms with E-state index >= 15 is 0 Å². The summed E-state index contributed by atoms with van der Waals surface area (Å²) in [6.45, 7) is 2.47. The molecule has 2 rings (SSSR count). The Hall–Kier alpha value is -1.79.